The Hall–Kier alpha value is -1.61. The SMILES string of the molecule is Cc1cc(CCl)cc(Oc2cccnc2C)n1. The zero-order valence-electron chi connectivity index (χ0n) is 9.77. The average molecular weight is 249 g/mol. The monoisotopic (exact) mass is 248 g/mol. The van der Waals surface area contributed by atoms with Crippen molar-refractivity contribution in [1.29, 1.82) is 0 Å². The summed E-state index contributed by atoms with van der Waals surface area (Å²) < 4.78 is 5.70. The Balaban J connectivity index is 2.30. The highest BCUT2D eigenvalue weighted by Crippen LogP contribution is 2.23. The van der Waals surface area contributed by atoms with E-state index in [4.69, 9.17) is 16.3 Å². The maximum atomic E-state index is 5.81. The molecule has 3 nitrogen and oxygen atoms in total. The number of rotatable bonds is 3. The first-order valence-electron chi connectivity index (χ1n) is 5.32. The maximum Gasteiger partial charge on any atom is 0.219 e. The van der Waals surface area contributed by atoms with Crippen molar-refractivity contribution in [3.05, 3.63) is 47.4 Å². The van der Waals surface area contributed by atoms with Gasteiger partial charge in [0.2, 0.25) is 5.88 Å². The van der Waals surface area contributed by atoms with Crippen LogP contribution in [-0.4, -0.2) is 9.97 Å². The zero-order valence-corrected chi connectivity index (χ0v) is 10.5. The quantitative estimate of drug-likeness (QED) is 0.778. The van der Waals surface area contributed by atoms with Crippen LogP contribution in [0.4, 0.5) is 0 Å². The molecule has 0 aliphatic heterocycles. The van der Waals surface area contributed by atoms with Gasteiger partial charge in [0, 0.05) is 23.8 Å². The molecule has 88 valence electrons. The van der Waals surface area contributed by atoms with Gasteiger partial charge >= 0.3 is 0 Å². The van der Waals surface area contributed by atoms with Crippen molar-refractivity contribution < 1.29 is 4.74 Å². The lowest BCUT2D eigenvalue weighted by Crippen LogP contribution is -1.94. The molecular formula is C13H13ClN2O. The van der Waals surface area contributed by atoms with Crippen molar-refractivity contribution in [2.75, 3.05) is 0 Å². The summed E-state index contributed by atoms with van der Waals surface area (Å²) >= 11 is 5.81. The van der Waals surface area contributed by atoms with E-state index in [1.54, 1.807) is 6.20 Å². The minimum absolute atomic E-state index is 0.450. The van der Waals surface area contributed by atoms with Gasteiger partial charge in [0.15, 0.2) is 5.75 Å². The van der Waals surface area contributed by atoms with Gasteiger partial charge in [-0.2, -0.15) is 0 Å². The summed E-state index contributed by atoms with van der Waals surface area (Å²) in [5.74, 6) is 1.72. The van der Waals surface area contributed by atoms with Crippen molar-refractivity contribution >= 4 is 11.6 Å². The second-order valence-corrected chi connectivity index (χ2v) is 4.04. The first-order valence-corrected chi connectivity index (χ1v) is 5.85. The van der Waals surface area contributed by atoms with E-state index in [1.807, 2.05) is 38.1 Å². The van der Waals surface area contributed by atoms with Crippen molar-refractivity contribution in [2.24, 2.45) is 0 Å². The lowest BCUT2D eigenvalue weighted by molar-refractivity contribution is 0.455. The Morgan fingerprint density at radius 3 is 2.82 bits per heavy atom. The molecular weight excluding hydrogens is 236 g/mol. The largest absolute Gasteiger partial charge is 0.437 e. The fraction of sp³-hybridized carbons (Fsp3) is 0.231. The molecule has 0 aliphatic rings. The molecule has 17 heavy (non-hydrogen) atoms. The third-order valence-electron chi connectivity index (χ3n) is 2.32. The molecule has 4 heteroatoms. The highest BCUT2D eigenvalue weighted by Gasteiger charge is 2.04. The summed E-state index contributed by atoms with van der Waals surface area (Å²) in [7, 11) is 0. The van der Waals surface area contributed by atoms with Crippen LogP contribution in [-0.2, 0) is 5.88 Å². The fourth-order valence-electron chi connectivity index (χ4n) is 1.53. The normalized spacial score (nSPS) is 10.3. The molecule has 0 saturated heterocycles. The molecule has 0 radical (unpaired) electrons. The maximum absolute atomic E-state index is 5.81. The molecule has 0 spiro atoms. The van der Waals surface area contributed by atoms with Gasteiger partial charge in [0.1, 0.15) is 0 Å². The number of hydrogen-bond donors (Lipinski definition) is 0. The predicted molar refractivity (Wildman–Crippen MR) is 67.6 cm³/mol. The topological polar surface area (TPSA) is 35.0 Å². The van der Waals surface area contributed by atoms with Gasteiger partial charge in [-0.3, -0.25) is 4.98 Å². The third kappa shape index (κ3) is 2.94. The molecule has 0 atom stereocenters. The van der Waals surface area contributed by atoms with Crippen LogP contribution in [0.15, 0.2) is 30.5 Å². The Morgan fingerprint density at radius 2 is 2.12 bits per heavy atom. The second kappa shape index (κ2) is 5.15. The molecule has 2 heterocycles. The smallest absolute Gasteiger partial charge is 0.219 e. The molecule has 0 aliphatic carbocycles. The lowest BCUT2D eigenvalue weighted by Gasteiger charge is -2.08. The highest BCUT2D eigenvalue weighted by molar-refractivity contribution is 6.17. The van der Waals surface area contributed by atoms with Crippen molar-refractivity contribution in [2.45, 2.75) is 19.7 Å². The van der Waals surface area contributed by atoms with Crippen LogP contribution in [0.5, 0.6) is 11.6 Å². The molecule has 0 amide bonds. The summed E-state index contributed by atoms with van der Waals surface area (Å²) in [5, 5.41) is 0. The Kier molecular flexibility index (Phi) is 3.59. The van der Waals surface area contributed by atoms with Crippen molar-refractivity contribution in [3.63, 3.8) is 0 Å². The molecule has 0 bridgehead atoms. The van der Waals surface area contributed by atoms with Crippen LogP contribution in [0.1, 0.15) is 17.0 Å². The van der Waals surface area contributed by atoms with Gasteiger partial charge in [0.05, 0.1) is 5.69 Å². The summed E-state index contributed by atoms with van der Waals surface area (Å²) in [5.41, 5.74) is 2.72. The molecule has 0 N–H and O–H groups in total. The minimum Gasteiger partial charge on any atom is -0.437 e. The standard InChI is InChI=1S/C13H13ClN2O/c1-9-6-11(8-14)7-13(16-9)17-12-4-3-5-15-10(12)2/h3-7H,8H2,1-2H3. The van der Waals surface area contributed by atoms with Gasteiger partial charge in [-0.05, 0) is 37.6 Å². The first-order chi connectivity index (χ1) is 8.19. The number of aryl methyl sites for hydroxylation is 2. The van der Waals surface area contributed by atoms with Gasteiger partial charge in [-0.15, -0.1) is 11.6 Å². The van der Waals surface area contributed by atoms with Gasteiger partial charge in [-0.25, -0.2) is 4.98 Å². The zero-order chi connectivity index (χ0) is 12.3. The van der Waals surface area contributed by atoms with Crippen LogP contribution in [0.2, 0.25) is 0 Å². The van der Waals surface area contributed by atoms with E-state index >= 15 is 0 Å². The number of pyridine rings is 2. The first kappa shape index (κ1) is 11.9. The number of aromatic nitrogens is 2. The predicted octanol–water partition coefficient (Wildman–Crippen LogP) is 3.62. The number of alkyl halides is 1. The van der Waals surface area contributed by atoms with E-state index in [9.17, 15) is 0 Å². The molecule has 2 rings (SSSR count). The molecule has 0 aromatic carbocycles. The van der Waals surface area contributed by atoms with E-state index < -0.39 is 0 Å². The summed E-state index contributed by atoms with van der Waals surface area (Å²) in [6.45, 7) is 3.81. The third-order valence-corrected chi connectivity index (χ3v) is 2.63. The Bertz CT molecular complexity index is 529. The van der Waals surface area contributed by atoms with E-state index in [1.165, 1.54) is 0 Å². The van der Waals surface area contributed by atoms with E-state index in [0.29, 0.717) is 17.5 Å². The fourth-order valence-corrected chi connectivity index (χ4v) is 1.68. The van der Waals surface area contributed by atoms with Crippen LogP contribution < -0.4 is 4.74 Å². The molecule has 0 fully saturated rings. The minimum atomic E-state index is 0.450. The average Bonchev–Trinajstić information content (AvgIpc) is 2.31. The van der Waals surface area contributed by atoms with E-state index in [2.05, 4.69) is 9.97 Å². The number of halogens is 1. The Labute approximate surface area is 105 Å². The lowest BCUT2D eigenvalue weighted by atomic mass is 10.2. The van der Waals surface area contributed by atoms with E-state index in [-0.39, 0.29) is 0 Å². The Morgan fingerprint density at radius 1 is 1.29 bits per heavy atom. The van der Waals surface area contributed by atoms with Gasteiger partial charge in [-0.1, -0.05) is 0 Å². The second-order valence-electron chi connectivity index (χ2n) is 3.78. The van der Waals surface area contributed by atoms with Crippen molar-refractivity contribution in [1.82, 2.24) is 9.97 Å². The molecule has 2 aromatic rings. The number of nitrogens with zero attached hydrogens (tertiary/aromatic N) is 2. The van der Waals surface area contributed by atoms with E-state index in [0.717, 1.165) is 17.0 Å². The molecule has 0 unspecified atom stereocenters. The summed E-state index contributed by atoms with van der Waals surface area (Å²) in [6.07, 6.45) is 1.73. The van der Waals surface area contributed by atoms with Crippen LogP contribution in [0.3, 0.4) is 0 Å². The van der Waals surface area contributed by atoms with Crippen LogP contribution >= 0.6 is 11.6 Å². The number of ether oxygens (including phenoxy) is 1. The summed E-state index contributed by atoms with van der Waals surface area (Å²) in [4.78, 5) is 8.47. The van der Waals surface area contributed by atoms with Crippen molar-refractivity contribution in [3.8, 4) is 11.6 Å². The molecule has 0 saturated carbocycles. The number of hydrogen-bond acceptors (Lipinski definition) is 3. The summed E-state index contributed by atoms with van der Waals surface area (Å²) in [6, 6.07) is 7.48. The van der Waals surface area contributed by atoms with Gasteiger partial charge in [0.25, 0.3) is 0 Å². The highest BCUT2D eigenvalue weighted by atomic mass is 35.5. The van der Waals surface area contributed by atoms with Gasteiger partial charge < -0.3 is 4.74 Å². The van der Waals surface area contributed by atoms with Crippen LogP contribution in [0.25, 0.3) is 0 Å². The van der Waals surface area contributed by atoms with Crippen LogP contribution in [0, 0.1) is 13.8 Å². The molecule has 2 aromatic heterocycles.